The van der Waals surface area contributed by atoms with Crippen LogP contribution in [0.4, 0.5) is 5.69 Å². The lowest BCUT2D eigenvalue weighted by Gasteiger charge is -2.34. The lowest BCUT2D eigenvalue weighted by atomic mass is 9.74. The number of ether oxygens (including phenoxy) is 2. The Hall–Kier alpha value is -2.87. The number of hydrogen-bond donors (Lipinski definition) is 2. The molecule has 1 aromatic carbocycles. The molecule has 8 heteroatoms. The predicted octanol–water partition coefficient (Wildman–Crippen LogP) is 2.64. The van der Waals surface area contributed by atoms with Crippen LogP contribution in [0.25, 0.3) is 0 Å². The number of likely N-dealkylation sites (tertiary alicyclic amines) is 1. The third-order valence-corrected chi connectivity index (χ3v) is 7.70. The lowest BCUT2D eigenvalue weighted by molar-refractivity contribution is -0.141. The van der Waals surface area contributed by atoms with Gasteiger partial charge in [0.1, 0.15) is 17.4 Å². The minimum atomic E-state index is -1.10. The maximum Gasteiger partial charge on any atom is 0.246 e. The van der Waals surface area contributed by atoms with Crippen LogP contribution in [0.2, 0.25) is 0 Å². The van der Waals surface area contributed by atoms with Gasteiger partial charge in [0.05, 0.1) is 25.0 Å². The molecular formula is C26H33N3O5. The van der Waals surface area contributed by atoms with Crippen LogP contribution in [-0.4, -0.2) is 60.1 Å². The number of carbonyl (C=O) groups is 3. The Labute approximate surface area is 200 Å². The van der Waals surface area contributed by atoms with Gasteiger partial charge in [-0.25, -0.2) is 0 Å². The van der Waals surface area contributed by atoms with Gasteiger partial charge in [-0.2, -0.15) is 0 Å². The number of benzene rings is 1. The van der Waals surface area contributed by atoms with Crippen LogP contribution in [-0.2, 0) is 19.1 Å². The Kier molecular flexibility index (Phi) is 6.10. The first-order valence-electron chi connectivity index (χ1n) is 12.4. The van der Waals surface area contributed by atoms with E-state index in [0.717, 1.165) is 32.1 Å². The highest BCUT2D eigenvalue weighted by molar-refractivity contribution is 6.02. The molecule has 4 aliphatic rings. The first-order valence-corrected chi connectivity index (χ1v) is 12.4. The second-order valence-corrected chi connectivity index (χ2v) is 9.79. The molecular weight excluding hydrogens is 434 g/mol. The average Bonchev–Trinajstić information content (AvgIpc) is 3.48. The van der Waals surface area contributed by atoms with Crippen molar-refractivity contribution in [3.8, 4) is 5.75 Å². The molecule has 1 aliphatic carbocycles. The normalized spacial score (nSPS) is 32.1. The second kappa shape index (κ2) is 9.06. The Morgan fingerprint density at radius 3 is 2.56 bits per heavy atom. The molecule has 2 bridgehead atoms. The predicted molar refractivity (Wildman–Crippen MR) is 126 cm³/mol. The number of nitrogens with zero attached hydrogens (tertiary/aromatic N) is 1. The highest BCUT2D eigenvalue weighted by Crippen LogP contribution is 2.55. The van der Waals surface area contributed by atoms with E-state index >= 15 is 0 Å². The molecule has 3 aliphatic heterocycles. The Morgan fingerprint density at radius 1 is 1.15 bits per heavy atom. The summed E-state index contributed by atoms with van der Waals surface area (Å²) in [5, 5.41) is 6.12. The molecule has 0 aromatic heterocycles. The smallest absolute Gasteiger partial charge is 0.246 e. The SMILES string of the molecule is CCCN1C(=O)C2C(C(=O)Nc3ccc(OC)cc3)C3C=CC2(O3)C1C(=O)NC1CCCCC1. The Bertz CT molecular complexity index is 987. The van der Waals surface area contributed by atoms with E-state index in [1.807, 2.05) is 19.1 Å². The number of rotatable bonds is 7. The van der Waals surface area contributed by atoms with Crippen LogP contribution < -0.4 is 15.4 Å². The number of carbonyl (C=O) groups excluding carboxylic acids is 3. The van der Waals surface area contributed by atoms with E-state index in [2.05, 4.69) is 10.6 Å². The van der Waals surface area contributed by atoms with Crippen molar-refractivity contribution in [1.82, 2.24) is 10.2 Å². The van der Waals surface area contributed by atoms with Gasteiger partial charge in [0, 0.05) is 18.3 Å². The third-order valence-electron chi connectivity index (χ3n) is 7.70. The van der Waals surface area contributed by atoms with Gasteiger partial charge in [-0.15, -0.1) is 0 Å². The maximum atomic E-state index is 13.7. The number of methoxy groups -OCH3 is 1. The molecule has 3 heterocycles. The van der Waals surface area contributed by atoms with Crippen molar-refractivity contribution in [3.63, 3.8) is 0 Å². The summed E-state index contributed by atoms with van der Waals surface area (Å²) < 4.78 is 11.5. The van der Waals surface area contributed by atoms with Crippen molar-refractivity contribution >= 4 is 23.4 Å². The van der Waals surface area contributed by atoms with E-state index in [4.69, 9.17) is 9.47 Å². The molecule has 1 aromatic rings. The molecule has 3 fully saturated rings. The first kappa shape index (κ1) is 22.9. The Balaban J connectivity index is 1.40. The van der Waals surface area contributed by atoms with Crippen molar-refractivity contribution in [1.29, 1.82) is 0 Å². The summed E-state index contributed by atoms with van der Waals surface area (Å²) in [5.41, 5.74) is -0.480. The lowest BCUT2D eigenvalue weighted by Crippen LogP contribution is -2.56. The number of hydrogen-bond acceptors (Lipinski definition) is 5. The van der Waals surface area contributed by atoms with Crippen molar-refractivity contribution in [2.45, 2.75) is 69.2 Å². The summed E-state index contributed by atoms with van der Waals surface area (Å²) >= 11 is 0. The van der Waals surface area contributed by atoms with E-state index in [1.165, 1.54) is 6.42 Å². The fourth-order valence-corrected chi connectivity index (χ4v) is 6.18. The molecule has 5 unspecified atom stereocenters. The minimum Gasteiger partial charge on any atom is -0.497 e. The highest BCUT2D eigenvalue weighted by Gasteiger charge is 2.72. The first-order chi connectivity index (χ1) is 16.5. The maximum absolute atomic E-state index is 13.7. The van der Waals surface area contributed by atoms with Crippen LogP contribution in [0.5, 0.6) is 5.75 Å². The van der Waals surface area contributed by atoms with Gasteiger partial charge < -0.3 is 25.0 Å². The van der Waals surface area contributed by atoms with E-state index < -0.39 is 29.6 Å². The van der Waals surface area contributed by atoms with E-state index in [9.17, 15) is 14.4 Å². The molecule has 5 atom stereocenters. The number of amides is 3. The third kappa shape index (κ3) is 3.68. The van der Waals surface area contributed by atoms with Gasteiger partial charge >= 0.3 is 0 Å². The number of nitrogens with one attached hydrogen (secondary N) is 2. The van der Waals surface area contributed by atoms with Gasteiger partial charge in [-0.05, 0) is 43.5 Å². The van der Waals surface area contributed by atoms with Gasteiger partial charge in [0.15, 0.2) is 0 Å². The van der Waals surface area contributed by atoms with Crippen LogP contribution in [0, 0.1) is 11.8 Å². The molecule has 1 spiro atoms. The van der Waals surface area contributed by atoms with Gasteiger partial charge in [0.25, 0.3) is 0 Å². The monoisotopic (exact) mass is 467 g/mol. The molecule has 8 nitrogen and oxygen atoms in total. The summed E-state index contributed by atoms with van der Waals surface area (Å²) in [6.07, 6.45) is 9.22. The molecule has 2 saturated heterocycles. The Morgan fingerprint density at radius 2 is 1.88 bits per heavy atom. The molecule has 1 saturated carbocycles. The van der Waals surface area contributed by atoms with Crippen LogP contribution in [0.15, 0.2) is 36.4 Å². The van der Waals surface area contributed by atoms with Crippen LogP contribution in [0.3, 0.4) is 0 Å². The number of fused-ring (bicyclic) bond motifs is 1. The number of anilines is 1. The minimum absolute atomic E-state index is 0.132. The zero-order valence-corrected chi connectivity index (χ0v) is 19.8. The van der Waals surface area contributed by atoms with Gasteiger partial charge in [-0.3, -0.25) is 14.4 Å². The molecule has 5 rings (SSSR count). The quantitative estimate of drug-likeness (QED) is 0.601. The van der Waals surface area contributed by atoms with Crippen LogP contribution >= 0.6 is 0 Å². The largest absolute Gasteiger partial charge is 0.497 e. The molecule has 34 heavy (non-hydrogen) atoms. The van der Waals surface area contributed by atoms with Gasteiger partial charge in [0.2, 0.25) is 17.7 Å². The van der Waals surface area contributed by atoms with Crippen molar-refractivity contribution in [2.24, 2.45) is 11.8 Å². The fourth-order valence-electron chi connectivity index (χ4n) is 6.18. The second-order valence-electron chi connectivity index (χ2n) is 9.79. The highest BCUT2D eigenvalue weighted by atomic mass is 16.5. The van der Waals surface area contributed by atoms with Crippen molar-refractivity contribution < 1.29 is 23.9 Å². The molecule has 2 N–H and O–H groups in total. The average molecular weight is 468 g/mol. The van der Waals surface area contributed by atoms with Crippen molar-refractivity contribution in [2.75, 3.05) is 19.0 Å². The summed E-state index contributed by atoms with van der Waals surface area (Å²) in [7, 11) is 1.58. The van der Waals surface area contributed by atoms with Crippen LogP contribution in [0.1, 0.15) is 45.4 Å². The zero-order chi connectivity index (χ0) is 23.9. The fraction of sp³-hybridized carbons (Fsp3) is 0.577. The zero-order valence-electron chi connectivity index (χ0n) is 19.8. The summed E-state index contributed by atoms with van der Waals surface area (Å²) in [6.45, 7) is 2.44. The standard InChI is InChI=1S/C26H33N3O5/c1-3-15-29-22(24(31)28-16-7-5-4-6-8-16)26-14-13-19(34-26)20(21(26)25(29)32)23(30)27-17-9-11-18(33-2)12-10-17/h9-14,16,19-22H,3-8,15H2,1-2H3,(H,27,30)(H,28,31). The van der Waals surface area contributed by atoms with Crippen molar-refractivity contribution in [3.05, 3.63) is 36.4 Å². The molecule has 182 valence electrons. The molecule has 3 amide bonds. The van der Waals surface area contributed by atoms with E-state index in [0.29, 0.717) is 18.0 Å². The topological polar surface area (TPSA) is 97.0 Å². The summed E-state index contributed by atoms with van der Waals surface area (Å²) in [5.74, 6) is -1.33. The van der Waals surface area contributed by atoms with E-state index in [1.54, 1.807) is 36.3 Å². The van der Waals surface area contributed by atoms with Gasteiger partial charge in [-0.1, -0.05) is 38.3 Å². The summed E-state index contributed by atoms with van der Waals surface area (Å²) in [4.78, 5) is 42.2. The van der Waals surface area contributed by atoms with E-state index in [-0.39, 0.29) is 23.8 Å². The molecule has 0 radical (unpaired) electrons. The summed E-state index contributed by atoms with van der Waals surface area (Å²) in [6, 6.07) is 6.43.